The molecule has 3 aliphatic heterocycles. The summed E-state index contributed by atoms with van der Waals surface area (Å²) in [6.45, 7) is 6.65. The number of fused-ring (bicyclic) bond motifs is 14. The molecule has 10 aromatic rings. The summed E-state index contributed by atoms with van der Waals surface area (Å²) >= 11 is 0. The molecule has 0 radical (unpaired) electrons. The summed E-state index contributed by atoms with van der Waals surface area (Å²) in [5.74, 6) is 1.67. The van der Waals surface area contributed by atoms with E-state index in [0.717, 1.165) is 101 Å². The smallest absolute Gasteiger partial charge is 0.333 e. The lowest BCUT2D eigenvalue weighted by Crippen LogP contribution is -2.62. The molecule has 0 saturated carbocycles. The van der Waals surface area contributed by atoms with E-state index in [-0.39, 0.29) is 12.3 Å². The first-order valence-electron chi connectivity index (χ1n) is 20.0. The summed E-state index contributed by atoms with van der Waals surface area (Å²) in [6.07, 6.45) is 0. The Hall–Kier alpha value is -7.18. The van der Waals surface area contributed by atoms with E-state index in [1.165, 1.54) is 22.1 Å². The number of para-hydroxylation sites is 5. The van der Waals surface area contributed by atoms with Gasteiger partial charge in [-0.3, -0.25) is 0 Å². The maximum Gasteiger partial charge on any atom is 0.333 e. The molecule has 0 fully saturated rings. The highest BCUT2D eigenvalue weighted by Crippen LogP contribution is 2.58. The molecule has 0 amide bonds. The van der Waals surface area contributed by atoms with Gasteiger partial charge in [-0.1, -0.05) is 124 Å². The summed E-state index contributed by atoms with van der Waals surface area (Å²) in [5.41, 5.74) is 17.0. The highest BCUT2D eigenvalue weighted by Gasteiger charge is 2.50. The maximum absolute atomic E-state index is 6.97. The van der Waals surface area contributed by atoms with E-state index in [4.69, 9.17) is 13.6 Å². The van der Waals surface area contributed by atoms with Gasteiger partial charge in [0.05, 0.1) is 28.1 Å². The number of nitrogens with zero attached hydrogens (tertiary/aromatic N) is 2. The van der Waals surface area contributed by atoms with Gasteiger partial charge in [0.1, 0.15) is 28.1 Å². The molecule has 0 unspecified atom stereocenters. The zero-order valence-corrected chi connectivity index (χ0v) is 32.2. The standard InChI is InChI=1S/C52H35BN2O3/c1-52(2,3)31-24-26-38(35(28-31)30-14-5-4-6-15-30)54-40-29-36-32-16-7-10-20-41(32)58-51(36)47-34-18-13-23-45-49(34)55(39-19-9-12-22-43(39)57-45)53(48(40)47)37-25-27-44-46(50(37)54)33-17-8-11-21-42(33)56-44/h4-29H,1-3H3. The average Bonchev–Trinajstić information content (AvgIpc) is 3.83. The first-order chi connectivity index (χ1) is 28.4. The van der Waals surface area contributed by atoms with Crippen molar-refractivity contribution >= 4 is 90.1 Å². The Labute approximate surface area is 335 Å². The molecule has 2 aromatic heterocycles. The van der Waals surface area contributed by atoms with Crippen molar-refractivity contribution < 1.29 is 13.6 Å². The minimum absolute atomic E-state index is 0.0556. The van der Waals surface area contributed by atoms with Crippen molar-refractivity contribution in [1.82, 2.24) is 0 Å². The monoisotopic (exact) mass is 746 g/mol. The predicted molar refractivity (Wildman–Crippen MR) is 239 cm³/mol. The Balaban J connectivity index is 1.26. The van der Waals surface area contributed by atoms with Crippen LogP contribution in [0.1, 0.15) is 26.3 Å². The molecule has 0 bridgehead atoms. The molecule has 0 N–H and O–H groups in total. The third-order valence-electron chi connectivity index (χ3n) is 12.6. The first kappa shape index (κ1) is 32.0. The van der Waals surface area contributed by atoms with Gasteiger partial charge in [0.2, 0.25) is 0 Å². The van der Waals surface area contributed by atoms with Gasteiger partial charge >= 0.3 is 6.85 Å². The van der Waals surface area contributed by atoms with Gasteiger partial charge < -0.3 is 23.3 Å². The Morgan fingerprint density at radius 3 is 2.10 bits per heavy atom. The number of ether oxygens (including phenoxy) is 1. The molecule has 0 atom stereocenters. The number of benzene rings is 8. The van der Waals surface area contributed by atoms with Gasteiger partial charge in [0.25, 0.3) is 0 Å². The zero-order chi connectivity index (χ0) is 38.4. The SMILES string of the molecule is CC(C)(C)c1ccc(N2c3cc4c(oc5ccccc54)c4c3B(c3ccc5oc6ccccc6c5c32)N2c3ccccc3Oc3cccc-4c32)c(-c2ccccc2)c1. The second kappa shape index (κ2) is 11.2. The van der Waals surface area contributed by atoms with Crippen LogP contribution in [0, 0.1) is 0 Å². The summed E-state index contributed by atoms with van der Waals surface area (Å²) in [6, 6.07) is 56.5. The Morgan fingerprint density at radius 2 is 1.26 bits per heavy atom. The lowest BCUT2D eigenvalue weighted by molar-refractivity contribution is 0.478. The highest BCUT2D eigenvalue weighted by atomic mass is 16.5. The predicted octanol–water partition coefficient (Wildman–Crippen LogP) is 13.3. The molecular weight excluding hydrogens is 711 g/mol. The van der Waals surface area contributed by atoms with Crippen LogP contribution >= 0.6 is 0 Å². The van der Waals surface area contributed by atoms with Gasteiger partial charge in [0, 0.05) is 38.5 Å². The molecule has 5 heterocycles. The maximum atomic E-state index is 6.97. The third kappa shape index (κ3) is 4.16. The normalized spacial score (nSPS) is 13.8. The van der Waals surface area contributed by atoms with Crippen molar-refractivity contribution in [2.24, 2.45) is 0 Å². The summed E-state index contributed by atoms with van der Waals surface area (Å²) < 4.78 is 20.4. The van der Waals surface area contributed by atoms with E-state index in [9.17, 15) is 0 Å². The second-order valence-corrected chi connectivity index (χ2v) is 16.8. The summed E-state index contributed by atoms with van der Waals surface area (Å²) in [4.78, 5) is 5.07. The van der Waals surface area contributed by atoms with Crippen molar-refractivity contribution in [3.05, 3.63) is 163 Å². The summed E-state index contributed by atoms with van der Waals surface area (Å²) in [7, 11) is 0. The Kier molecular flexibility index (Phi) is 6.19. The number of hydrogen-bond acceptors (Lipinski definition) is 5. The van der Waals surface area contributed by atoms with Crippen LogP contribution in [0.25, 0.3) is 66.1 Å². The number of rotatable bonds is 2. The van der Waals surface area contributed by atoms with E-state index in [0.29, 0.717) is 0 Å². The van der Waals surface area contributed by atoms with Gasteiger partial charge in [-0.05, 0) is 82.1 Å². The molecule has 274 valence electrons. The van der Waals surface area contributed by atoms with Crippen LogP contribution in [0.2, 0.25) is 0 Å². The molecule has 0 aliphatic carbocycles. The van der Waals surface area contributed by atoms with Crippen LogP contribution in [0.3, 0.4) is 0 Å². The lowest BCUT2D eigenvalue weighted by atomic mass is 9.43. The zero-order valence-electron chi connectivity index (χ0n) is 32.2. The fourth-order valence-electron chi connectivity index (χ4n) is 10.0. The van der Waals surface area contributed by atoms with Crippen LogP contribution in [-0.4, -0.2) is 6.85 Å². The third-order valence-corrected chi connectivity index (χ3v) is 12.6. The topological polar surface area (TPSA) is 42.0 Å². The van der Waals surface area contributed by atoms with Gasteiger partial charge in [-0.2, -0.15) is 0 Å². The lowest BCUT2D eigenvalue weighted by Gasteiger charge is -2.47. The second-order valence-electron chi connectivity index (χ2n) is 16.8. The van der Waals surface area contributed by atoms with Gasteiger partial charge in [-0.25, -0.2) is 0 Å². The molecule has 3 aliphatic rings. The molecule has 8 aromatic carbocycles. The highest BCUT2D eigenvalue weighted by molar-refractivity contribution is 6.94. The molecule has 0 saturated heterocycles. The van der Waals surface area contributed by atoms with Crippen LogP contribution in [0.5, 0.6) is 11.5 Å². The van der Waals surface area contributed by atoms with Crippen molar-refractivity contribution in [2.75, 3.05) is 9.71 Å². The van der Waals surface area contributed by atoms with Crippen LogP contribution in [0.15, 0.2) is 167 Å². The molecule has 58 heavy (non-hydrogen) atoms. The van der Waals surface area contributed by atoms with Crippen molar-refractivity contribution in [2.45, 2.75) is 26.2 Å². The average molecular weight is 747 g/mol. The van der Waals surface area contributed by atoms with Crippen LogP contribution < -0.4 is 25.4 Å². The fourth-order valence-corrected chi connectivity index (χ4v) is 10.0. The minimum Gasteiger partial charge on any atom is -0.456 e. The van der Waals surface area contributed by atoms with E-state index >= 15 is 0 Å². The number of hydrogen-bond donors (Lipinski definition) is 0. The van der Waals surface area contributed by atoms with E-state index < -0.39 is 0 Å². The van der Waals surface area contributed by atoms with E-state index in [2.05, 4.69) is 188 Å². The van der Waals surface area contributed by atoms with Gasteiger partial charge in [0.15, 0.2) is 5.75 Å². The van der Waals surface area contributed by atoms with Crippen molar-refractivity contribution in [3.8, 4) is 33.8 Å². The van der Waals surface area contributed by atoms with Crippen LogP contribution in [0.4, 0.5) is 28.4 Å². The van der Waals surface area contributed by atoms with Gasteiger partial charge in [-0.15, -0.1) is 0 Å². The van der Waals surface area contributed by atoms with Crippen molar-refractivity contribution in [1.29, 1.82) is 0 Å². The molecular formula is C52H35BN2O3. The van der Waals surface area contributed by atoms with E-state index in [1.807, 2.05) is 0 Å². The largest absolute Gasteiger partial charge is 0.456 e. The molecule has 6 heteroatoms. The fraction of sp³-hybridized carbons (Fsp3) is 0.0769. The van der Waals surface area contributed by atoms with E-state index in [1.54, 1.807) is 0 Å². The molecule has 0 spiro atoms. The Morgan fingerprint density at radius 1 is 0.517 bits per heavy atom. The molecule has 5 nitrogen and oxygen atoms in total. The minimum atomic E-state index is -0.223. The van der Waals surface area contributed by atoms with Crippen LogP contribution in [-0.2, 0) is 5.41 Å². The number of anilines is 5. The number of furan rings is 2. The summed E-state index contributed by atoms with van der Waals surface area (Å²) in [5, 5.41) is 4.35. The Bertz CT molecular complexity index is 3390. The first-order valence-corrected chi connectivity index (χ1v) is 20.0. The quantitative estimate of drug-likeness (QED) is 0.165. The van der Waals surface area contributed by atoms with Crippen molar-refractivity contribution in [3.63, 3.8) is 0 Å². The molecule has 13 rings (SSSR count).